The summed E-state index contributed by atoms with van der Waals surface area (Å²) < 4.78 is 0. The van der Waals surface area contributed by atoms with Gasteiger partial charge in [0.2, 0.25) is 0 Å². The monoisotopic (exact) mass is 563 g/mol. The van der Waals surface area contributed by atoms with Gasteiger partial charge in [-0.05, 0) is 36.4 Å². The molecule has 0 radical (unpaired) electrons. The fourth-order valence-electron chi connectivity index (χ4n) is 3.08. The van der Waals surface area contributed by atoms with Crippen LogP contribution in [0.5, 0.6) is 34.5 Å². The Morgan fingerprint density at radius 2 is 0.976 bits per heavy atom. The van der Waals surface area contributed by atoms with Crippen LogP contribution in [0.2, 0.25) is 0 Å². The molecule has 0 aliphatic rings. The molecule has 0 saturated heterocycles. The molecule has 0 fully saturated rings. The van der Waals surface area contributed by atoms with Crippen molar-refractivity contribution in [2.24, 2.45) is 20.5 Å². The molecular formula is C24H17N7O10. The van der Waals surface area contributed by atoms with Gasteiger partial charge in [-0.25, -0.2) is 0 Å². The lowest BCUT2D eigenvalue weighted by Gasteiger charge is -2.11. The van der Waals surface area contributed by atoms with E-state index in [1.807, 2.05) is 0 Å². The highest BCUT2D eigenvalue weighted by molar-refractivity contribution is 5.59. The molecule has 17 nitrogen and oxygen atoms in total. The van der Waals surface area contributed by atoms with Gasteiger partial charge >= 0.3 is 0 Å². The summed E-state index contributed by atoms with van der Waals surface area (Å²) >= 11 is 0. The largest absolute Gasteiger partial charge is 0.508 e. The molecule has 41 heavy (non-hydrogen) atoms. The highest BCUT2D eigenvalue weighted by atomic mass is 16.9. The second-order valence-electron chi connectivity index (χ2n) is 7.85. The molecule has 0 heterocycles. The number of hydrogen-bond acceptors (Lipinski definition) is 15. The van der Waals surface area contributed by atoms with E-state index in [1.165, 1.54) is 36.4 Å². The molecule has 0 aliphatic heterocycles. The van der Waals surface area contributed by atoms with Crippen LogP contribution in [0.15, 0.2) is 93.3 Å². The number of phenolic OH excluding ortho intramolecular Hbond substituents is 4. The molecule has 0 aliphatic carbocycles. The SMILES string of the molecule is O=[N+]([O-])c1ccc(/N=N/c2ccc(O)cc2ONOc2cc([N+](=O)[O-])ccc2/N=N/c2ccc(O)cc2O)c(O)c1. The zero-order chi connectivity index (χ0) is 29.5. The lowest BCUT2D eigenvalue weighted by Crippen LogP contribution is -2.22. The number of non-ortho nitro benzene ring substituents is 2. The van der Waals surface area contributed by atoms with Crippen molar-refractivity contribution in [3.8, 4) is 34.5 Å². The molecular weight excluding hydrogens is 546 g/mol. The summed E-state index contributed by atoms with van der Waals surface area (Å²) in [6, 6.07) is 13.9. The Hall–Kier alpha value is -6.36. The Bertz CT molecular complexity index is 1690. The molecule has 17 heteroatoms. The quantitative estimate of drug-likeness (QED) is 0.0845. The summed E-state index contributed by atoms with van der Waals surface area (Å²) in [5.41, 5.74) is 1.27. The van der Waals surface area contributed by atoms with Gasteiger partial charge in [0.1, 0.15) is 45.7 Å². The molecule has 0 unspecified atom stereocenters. The Labute approximate surface area is 228 Å². The maximum atomic E-state index is 11.2. The minimum absolute atomic E-state index is 0.00914. The summed E-state index contributed by atoms with van der Waals surface area (Å²) in [4.78, 5) is 31.3. The molecule has 4 rings (SSSR count). The molecule has 4 aromatic carbocycles. The summed E-state index contributed by atoms with van der Waals surface area (Å²) in [6.07, 6.45) is 0. The molecule has 5 N–H and O–H groups in total. The van der Waals surface area contributed by atoms with E-state index < -0.39 is 15.6 Å². The number of hydrogen-bond donors (Lipinski definition) is 5. The van der Waals surface area contributed by atoms with E-state index in [9.17, 15) is 40.7 Å². The number of benzene rings is 4. The fraction of sp³-hybridized carbons (Fsp3) is 0. The van der Waals surface area contributed by atoms with Gasteiger partial charge in [0.15, 0.2) is 11.5 Å². The lowest BCUT2D eigenvalue weighted by molar-refractivity contribution is -0.385. The Kier molecular flexibility index (Phi) is 8.10. The third-order valence-electron chi connectivity index (χ3n) is 5.06. The first-order chi connectivity index (χ1) is 19.6. The van der Waals surface area contributed by atoms with Crippen LogP contribution < -0.4 is 15.3 Å². The van der Waals surface area contributed by atoms with Crippen molar-refractivity contribution in [1.29, 1.82) is 0 Å². The van der Waals surface area contributed by atoms with E-state index in [-0.39, 0.29) is 62.9 Å². The fourth-order valence-corrected chi connectivity index (χ4v) is 3.08. The topological polar surface area (TPSA) is 247 Å². The van der Waals surface area contributed by atoms with Gasteiger partial charge in [0.25, 0.3) is 11.4 Å². The Morgan fingerprint density at radius 1 is 0.561 bits per heavy atom. The highest BCUT2D eigenvalue weighted by Gasteiger charge is 2.15. The minimum atomic E-state index is -0.691. The Balaban J connectivity index is 1.54. The van der Waals surface area contributed by atoms with Gasteiger partial charge in [-0.2, -0.15) is 0 Å². The van der Waals surface area contributed by atoms with Gasteiger partial charge in [-0.1, -0.05) is 0 Å². The smallest absolute Gasteiger partial charge is 0.273 e. The molecule has 4 aromatic rings. The van der Waals surface area contributed by atoms with E-state index >= 15 is 0 Å². The van der Waals surface area contributed by atoms with Crippen LogP contribution in [0.25, 0.3) is 0 Å². The third-order valence-corrected chi connectivity index (χ3v) is 5.06. The zero-order valence-electron chi connectivity index (χ0n) is 20.3. The number of azo groups is 2. The molecule has 208 valence electrons. The number of nitrogens with one attached hydrogen (secondary N) is 1. The molecule has 0 saturated carbocycles. The van der Waals surface area contributed by atoms with Crippen LogP contribution in [0, 0.1) is 20.2 Å². The van der Waals surface area contributed by atoms with Crippen LogP contribution in [-0.2, 0) is 0 Å². The van der Waals surface area contributed by atoms with Crippen LogP contribution in [0.3, 0.4) is 0 Å². The van der Waals surface area contributed by atoms with Gasteiger partial charge in [-0.3, -0.25) is 20.2 Å². The first-order valence-electron chi connectivity index (χ1n) is 11.1. The molecule has 0 bridgehead atoms. The van der Waals surface area contributed by atoms with Gasteiger partial charge in [-0.15, -0.1) is 20.5 Å². The van der Waals surface area contributed by atoms with Crippen molar-refractivity contribution in [2.75, 3.05) is 0 Å². The molecule has 0 spiro atoms. The van der Waals surface area contributed by atoms with Crippen molar-refractivity contribution in [3.05, 3.63) is 93.0 Å². The maximum Gasteiger partial charge on any atom is 0.273 e. The minimum Gasteiger partial charge on any atom is -0.508 e. The van der Waals surface area contributed by atoms with Crippen LogP contribution >= 0.6 is 0 Å². The summed E-state index contributed by atoms with van der Waals surface area (Å²) in [7, 11) is 0. The first-order valence-corrected chi connectivity index (χ1v) is 11.1. The standard InChI is InChI=1S/C24H17N7O10/c32-15-3-7-18(22(35)11-15)26-27-19-6-2-14(31(38)39)10-23(19)40-29-41-24-12-16(33)4-8-20(24)28-25-17-5-1-13(30(36)37)9-21(17)34/h1-12,29,32-35H/b27-26+,28-25+. The Morgan fingerprint density at radius 3 is 1.51 bits per heavy atom. The number of nitro groups is 2. The van der Waals surface area contributed by atoms with Crippen molar-refractivity contribution in [1.82, 2.24) is 5.64 Å². The van der Waals surface area contributed by atoms with Crippen LogP contribution in [-0.4, -0.2) is 30.3 Å². The molecule has 0 aromatic heterocycles. The van der Waals surface area contributed by atoms with Crippen LogP contribution in [0.1, 0.15) is 0 Å². The second-order valence-corrected chi connectivity index (χ2v) is 7.85. The highest BCUT2D eigenvalue weighted by Crippen LogP contribution is 2.37. The maximum absolute atomic E-state index is 11.2. The number of rotatable bonds is 10. The van der Waals surface area contributed by atoms with E-state index in [0.29, 0.717) is 0 Å². The predicted molar refractivity (Wildman–Crippen MR) is 138 cm³/mol. The summed E-state index contributed by atoms with van der Waals surface area (Å²) in [5.74, 6) is -1.67. The lowest BCUT2D eigenvalue weighted by atomic mass is 10.2. The van der Waals surface area contributed by atoms with Crippen molar-refractivity contribution < 1.29 is 39.9 Å². The molecule has 0 atom stereocenters. The van der Waals surface area contributed by atoms with Crippen molar-refractivity contribution >= 4 is 34.1 Å². The number of nitro benzene ring substituents is 2. The van der Waals surface area contributed by atoms with E-state index in [0.717, 1.165) is 36.4 Å². The van der Waals surface area contributed by atoms with Gasteiger partial charge < -0.3 is 30.1 Å². The zero-order valence-corrected chi connectivity index (χ0v) is 20.3. The number of phenols is 4. The third kappa shape index (κ3) is 6.94. The molecule has 0 amide bonds. The first kappa shape index (κ1) is 27.7. The number of aromatic hydroxyl groups is 4. The second kappa shape index (κ2) is 12.0. The average molecular weight is 563 g/mol. The van der Waals surface area contributed by atoms with Gasteiger partial charge in [0, 0.05) is 29.9 Å². The van der Waals surface area contributed by atoms with Gasteiger partial charge in [0.05, 0.1) is 22.0 Å². The summed E-state index contributed by atoms with van der Waals surface area (Å²) in [5, 5.41) is 76.7. The summed E-state index contributed by atoms with van der Waals surface area (Å²) in [6.45, 7) is 0. The van der Waals surface area contributed by atoms with Crippen molar-refractivity contribution in [3.63, 3.8) is 0 Å². The normalized spacial score (nSPS) is 11.1. The van der Waals surface area contributed by atoms with E-state index in [2.05, 4.69) is 26.1 Å². The van der Waals surface area contributed by atoms with E-state index in [1.54, 1.807) is 0 Å². The van der Waals surface area contributed by atoms with E-state index in [4.69, 9.17) is 9.68 Å². The average Bonchev–Trinajstić information content (AvgIpc) is 2.93. The van der Waals surface area contributed by atoms with Crippen LogP contribution in [0.4, 0.5) is 34.1 Å². The number of nitrogens with zero attached hydrogens (tertiary/aromatic N) is 6. The predicted octanol–water partition coefficient (Wildman–Crippen LogP) is 6.03. The van der Waals surface area contributed by atoms with Crippen molar-refractivity contribution in [2.45, 2.75) is 0 Å².